The highest BCUT2D eigenvalue weighted by Crippen LogP contribution is 2.24. The Balaban J connectivity index is 2.12. The molecule has 0 spiro atoms. The molecule has 3 N–H and O–H groups in total. The summed E-state index contributed by atoms with van der Waals surface area (Å²) in [5.74, 6) is -0.678. The first kappa shape index (κ1) is 17.5. The van der Waals surface area contributed by atoms with Gasteiger partial charge in [-0.15, -0.1) is 0 Å². The number of aliphatic carboxylic acids is 1. The standard InChI is InChI=1S/C18H26N2O3/c1-4-14(20-16(18(22)23)9-11(2)3)17(21)13-5-6-15-12(10-13)7-8-19-15/h5-6,10-11,14,16,19-20H,4,7-9H2,1-3H3,(H,22,23). The topological polar surface area (TPSA) is 78.4 Å². The zero-order valence-electron chi connectivity index (χ0n) is 14.1. The molecular weight excluding hydrogens is 292 g/mol. The first-order chi connectivity index (χ1) is 10.9. The third kappa shape index (κ3) is 4.32. The second-order valence-corrected chi connectivity index (χ2v) is 6.56. The number of nitrogens with one attached hydrogen (secondary N) is 2. The molecule has 0 aliphatic carbocycles. The number of ketones is 1. The molecule has 2 atom stereocenters. The van der Waals surface area contributed by atoms with Crippen LogP contribution in [-0.2, 0) is 11.2 Å². The van der Waals surface area contributed by atoms with Gasteiger partial charge in [0.15, 0.2) is 5.78 Å². The fraction of sp³-hybridized carbons (Fsp3) is 0.556. The molecule has 1 heterocycles. The molecule has 23 heavy (non-hydrogen) atoms. The van der Waals surface area contributed by atoms with E-state index in [1.165, 1.54) is 0 Å². The van der Waals surface area contributed by atoms with Gasteiger partial charge in [0.2, 0.25) is 0 Å². The minimum Gasteiger partial charge on any atom is -0.480 e. The van der Waals surface area contributed by atoms with E-state index in [-0.39, 0.29) is 11.7 Å². The third-order valence-electron chi connectivity index (χ3n) is 4.23. The number of rotatable bonds is 8. The van der Waals surface area contributed by atoms with Gasteiger partial charge in [0.1, 0.15) is 6.04 Å². The van der Waals surface area contributed by atoms with Gasteiger partial charge in [0.05, 0.1) is 6.04 Å². The van der Waals surface area contributed by atoms with Gasteiger partial charge in [-0.1, -0.05) is 20.8 Å². The Morgan fingerprint density at radius 3 is 2.65 bits per heavy atom. The van der Waals surface area contributed by atoms with Crippen molar-refractivity contribution in [2.75, 3.05) is 11.9 Å². The second kappa shape index (κ2) is 7.59. The minimum absolute atomic E-state index is 0.0304. The summed E-state index contributed by atoms with van der Waals surface area (Å²) in [4.78, 5) is 24.2. The zero-order valence-corrected chi connectivity index (χ0v) is 14.1. The van der Waals surface area contributed by atoms with E-state index in [0.29, 0.717) is 18.4 Å². The first-order valence-electron chi connectivity index (χ1n) is 8.32. The van der Waals surface area contributed by atoms with Crippen LogP contribution >= 0.6 is 0 Å². The Morgan fingerprint density at radius 2 is 2.04 bits per heavy atom. The molecule has 0 saturated carbocycles. The maximum Gasteiger partial charge on any atom is 0.320 e. The predicted octanol–water partition coefficient (Wildman–Crippen LogP) is 2.70. The summed E-state index contributed by atoms with van der Waals surface area (Å²) >= 11 is 0. The van der Waals surface area contributed by atoms with Crippen LogP contribution in [-0.4, -0.2) is 35.5 Å². The Kier molecular flexibility index (Phi) is 5.77. The van der Waals surface area contributed by atoms with Gasteiger partial charge in [-0.3, -0.25) is 14.9 Å². The Hall–Kier alpha value is -1.88. The normalized spacial score (nSPS) is 15.8. The van der Waals surface area contributed by atoms with E-state index in [1.807, 2.05) is 39.0 Å². The molecule has 1 aliphatic rings. The molecule has 1 aromatic rings. The van der Waals surface area contributed by atoms with Crippen LogP contribution in [0.15, 0.2) is 18.2 Å². The molecule has 0 aromatic heterocycles. The SMILES string of the molecule is CCC(NC(CC(C)C)C(=O)O)C(=O)c1ccc2c(c1)CCN2. The molecule has 5 nitrogen and oxygen atoms in total. The summed E-state index contributed by atoms with van der Waals surface area (Å²) in [6.07, 6.45) is 2.00. The fourth-order valence-corrected chi connectivity index (χ4v) is 2.99. The molecule has 1 aromatic carbocycles. The summed E-state index contributed by atoms with van der Waals surface area (Å²) in [6.45, 7) is 6.76. The summed E-state index contributed by atoms with van der Waals surface area (Å²) in [5, 5.41) is 15.7. The van der Waals surface area contributed by atoms with Crippen LogP contribution in [0.25, 0.3) is 0 Å². The van der Waals surface area contributed by atoms with Crippen molar-refractivity contribution in [3.8, 4) is 0 Å². The van der Waals surface area contributed by atoms with Crippen molar-refractivity contribution >= 4 is 17.4 Å². The smallest absolute Gasteiger partial charge is 0.320 e. The van der Waals surface area contributed by atoms with Gasteiger partial charge in [0.25, 0.3) is 0 Å². The van der Waals surface area contributed by atoms with E-state index in [1.54, 1.807) is 0 Å². The Labute approximate surface area is 137 Å². The summed E-state index contributed by atoms with van der Waals surface area (Å²) in [6, 6.07) is 4.52. The molecule has 0 amide bonds. The van der Waals surface area contributed by atoms with Crippen molar-refractivity contribution in [3.05, 3.63) is 29.3 Å². The van der Waals surface area contributed by atoms with Crippen LogP contribution < -0.4 is 10.6 Å². The fourth-order valence-electron chi connectivity index (χ4n) is 2.99. The highest BCUT2D eigenvalue weighted by Gasteiger charge is 2.27. The average Bonchev–Trinajstić information content (AvgIpc) is 2.97. The molecule has 0 fully saturated rings. The van der Waals surface area contributed by atoms with Crippen LogP contribution in [0.1, 0.15) is 49.5 Å². The number of Topliss-reactive ketones (excluding diaryl/α,β-unsaturated/α-hetero) is 1. The van der Waals surface area contributed by atoms with E-state index in [0.717, 1.165) is 24.2 Å². The van der Waals surface area contributed by atoms with Gasteiger partial charge in [-0.25, -0.2) is 0 Å². The molecule has 0 radical (unpaired) electrons. The largest absolute Gasteiger partial charge is 0.480 e. The highest BCUT2D eigenvalue weighted by atomic mass is 16.4. The van der Waals surface area contributed by atoms with E-state index in [4.69, 9.17) is 0 Å². The van der Waals surface area contributed by atoms with Crippen LogP contribution in [0.2, 0.25) is 0 Å². The van der Waals surface area contributed by atoms with Crippen LogP contribution in [0.5, 0.6) is 0 Å². The number of fused-ring (bicyclic) bond motifs is 1. The minimum atomic E-state index is -0.900. The van der Waals surface area contributed by atoms with Gasteiger partial charge in [-0.2, -0.15) is 0 Å². The second-order valence-electron chi connectivity index (χ2n) is 6.56. The predicted molar refractivity (Wildman–Crippen MR) is 91.1 cm³/mol. The monoisotopic (exact) mass is 318 g/mol. The molecule has 2 unspecified atom stereocenters. The van der Waals surface area contributed by atoms with Crippen molar-refractivity contribution in [3.63, 3.8) is 0 Å². The Morgan fingerprint density at radius 1 is 1.30 bits per heavy atom. The quantitative estimate of drug-likeness (QED) is 0.642. The summed E-state index contributed by atoms with van der Waals surface area (Å²) in [7, 11) is 0. The molecule has 1 aliphatic heterocycles. The van der Waals surface area contributed by atoms with Gasteiger partial charge in [0, 0.05) is 17.8 Å². The van der Waals surface area contributed by atoms with E-state index < -0.39 is 18.1 Å². The highest BCUT2D eigenvalue weighted by molar-refractivity contribution is 6.01. The lowest BCUT2D eigenvalue weighted by Gasteiger charge is -2.23. The molecular formula is C18H26N2O3. The molecule has 0 bridgehead atoms. The molecule has 5 heteroatoms. The molecule has 126 valence electrons. The number of carbonyl (C=O) groups is 2. The zero-order chi connectivity index (χ0) is 17.0. The van der Waals surface area contributed by atoms with Crippen molar-refractivity contribution < 1.29 is 14.7 Å². The van der Waals surface area contributed by atoms with Gasteiger partial charge >= 0.3 is 5.97 Å². The van der Waals surface area contributed by atoms with Crippen molar-refractivity contribution in [2.45, 2.75) is 52.1 Å². The number of carboxylic acids is 1. The lowest BCUT2D eigenvalue weighted by Crippen LogP contribution is -2.47. The number of hydrogen-bond acceptors (Lipinski definition) is 4. The van der Waals surface area contributed by atoms with Crippen molar-refractivity contribution in [2.24, 2.45) is 5.92 Å². The van der Waals surface area contributed by atoms with Crippen molar-refractivity contribution in [1.29, 1.82) is 0 Å². The summed E-state index contributed by atoms with van der Waals surface area (Å²) in [5.41, 5.74) is 2.90. The Bertz CT molecular complexity index is 584. The first-order valence-corrected chi connectivity index (χ1v) is 8.32. The number of anilines is 1. The number of carbonyl (C=O) groups excluding carboxylic acids is 1. The number of carboxylic acid groups (broad SMARTS) is 1. The van der Waals surface area contributed by atoms with Crippen LogP contribution in [0.4, 0.5) is 5.69 Å². The maximum absolute atomic E-state index is 12.7. The molecule has 2 rings (SSSR count). The maximum atomic E-state index is 12.7. The number of benzene rings is 1. The third-order valence-corrected chi connectivity index (χ3v) is 4.23. The lowest BCUT2D eigenvalue weighted by atomic mass is 9.97. The van der Waals surface area contributed by atoms with Crippen molar-refractivity contribution in [1.82, 2.24) is 5.32 Å². The number of hydrogen-bond donors (Lipinski definition) is 3. The van der Waals surface area contributed by atoms with E-state index >= 15 is 0 Å². The summed E-state index contributed by atoms with van der Waals surface area (Å²) < 4.78 is 0. The van der Waals surface area contributed by atoms with E-state index in [9.17, 15) is 14.7 Å². The van der Waals surface area contributed by atoms with Crippen LogP contribution in [0, 0.1) is 5.92 Å². The lowest BCUT2D eigenvalue weighted by molar-refractivity contribution is -0.140. The van der Waals surface area contributed by atoms with Gasteiger partial charge < -0.3 is 10.4 Å². The average molecular weight is 318 g/mol. The van der Waals surface area contributed by atoms with E-state index in [2.05, 4.69) is 10.6 Å². The van der Waals surface area contributed by atoms with Crippen LogP contribution in [0.3, 0.4) is 0 Å². The van der Waals surface area contributed by atoms with Gasteiger partial charge in [-0.05, 0) is 48.9 Å². The molecule has 0 saturated heterocycles.